The Kier molecular flexibility index (Phi) is 11.1. The fraction of sp³-hybridized carbons (Fsp3) is 0.350. The zero-order chi connectivity index (χ0) is 17.7. The topological polar surface area (TPSA) is 48.6 Å². The van der Waals surface area contributed by atoms with E-state index in [1.54, 1.807) is 0 Å². The summed E-state index contributed by atoms with van der Waals surface area (Å²) in [7, 11) is 0. The highest BCUT2D eigenvalue weighted by molar-refractivity contribution is 6.04. The van der Waals surface area contributed by atoms with Crippen molar-refractivity contribution in [1.82, 2.24) is 0 Å². The Hall–Kier alpha value is -2.29. The van der Waals surface area contributed by atoms with Crippen LogP contribution in [0.4, 0.5) is 0 Å². The van der Waals surface area contributed by atoms with Crippen LogP contribution in [-0.2, 0) is 6.42 Å². The Morgan fingerprint density at radius 3 is 2.00 bits per heavy atom. The lowest BCUT2D eigenvalue weighted by atomic mass is 9.96. The Bertz CT molecular complexity index is 599. The highest BCUT2D eigenvalue weighted by Gasteiger charge is 2.07. The van der Waals surface area contributed by atoms with Crippen molar-refractivity contribution in [2.75, 3.05) is 0 Å². The monoisotopic (exact) mass is 311 g/mol. The smallest absolute Gasteiger partial charge is 0.0696 e. The van der Waals surface area contributed by atoms with Gasteiger partial charge in [0, 0.05) is 5.56 Å². The molecule has 0 heterocycles. The molecular formula is C20H29N3. The summed E-state index contributed by atoms with van der Waals surface area (Å²) < 4.78 is 0. The fourth-order valence-corrected chi connectivity index (χ4v) is 2.10. The molecule has 0 radical (unpaired) electrons. The number of rotatable bonds is 4. The minimum Gasteiger partial charge on any atom is -0.185 e. The third-order valence-electron chi connectivity index (χ3n) is 3.19. The molecular weight excluding hydrogens is 282 g/mol. The molecule has 0 amide bonds. The molecule has 0 atom stereocenters. The summed E-state index contributed by atoms with van der Waals surface area (Å²) >= 11 is 0. The lowest BCUT2D eigenvalue weighted by Gasteiger charge is -2.09. The highest BCUT2D eigenvalue weighted by Crippen LogP contribution is 2.24. The van der Waals surface area contributed by atoms with Gasteiger partial charge in [0.05, 0.1) is 5.71 Å². The first kappa shape index (κ1) is 20.7. The summed E-state index contributed by atoms with van der Waals surface area (Å²) in [5.41, 5.74) is 12.2. The van der Waals surface area contributed by atoms with Gasteiger partial charge in [0.1, 0.15) is 0 Å². The lowest BCUT2D eigenvalue weighted by molar-refractivity contribution is 0.988. The third kappa shape index (κ3) is 6.15. The van der Waals surface area contributed by atoms with E-state index in [2.05, 4.69) is 47.6 Å². The van der Waals surface area contributed by atoms with E-state index in [1.807, 2.05) is 52.8 Å². The van der Waals surface area contributed by atoms with Crippen molar-refractivity contribution < 1.29 is 0 Å². The standard InChI is InChI=1S/C16H17N3.2C2H6/c1-3-13-8-10-14(11-9-13)16-7-5-4-6-15(16)12(2)18-19-17;2*1-2/h4-11,17H,3H2,1-2H3;2*1-2H3/b18-12+,19-17?;;. The fourth-order valence-electron chi connectivity index (χ4n) is 2.10. The van der Waals surface area contributed by atoms with Gasteiger partial charge in [-0.3, -0.25) is 0 Å². The molecule has 0 saturated heterocycles. The zero-order valence-electron chi connectivity index (χ0n) is 15.2. The predicted molar refractivity (Wildman–Crippen MR) is 101 cm³/mol. The molecule has 3 heteroatoms. The minimum absolute atomic E-state index is 0.755. The molecule has 3 nitrogen and oxygen atoms in total. The van der Waals surface area contributed by atoms with E-state index in [0.29, 0.717) is 0 Å². The normalized spacial score (nSPS) is 9.91. The van der Waals surface area contributed by atoms with Crippen molar-refractivity contribution in [3.63, 3.8) is 0 Å². The number of nitrogens with zero attached hydrogens (tertiary/aromatic N) is 2. The van der Waals surface area contributed by atoms with Crippen LogP contribution in [0.5, 0.6) is 0 Å². The quantitative estimate of drug-likeness (QED) is 0.370. The molecule has 0 saturated carbocycles. The van der Waals surface area contributed by atoms with Gasteiger partial charge in [0.25, 0.3) is 0 Å². The maximum atomic E-state index is 6.85. The molecule has 2 aromatic rings. The van der Waals surface area contributed by atoms with Crippen molar-refractivity contribution in [3.05, 3.63) is 59.7 Å². The van der Waals surface area contributed by atoms with Gasteiger partial charge < -0.3 is 0 Å². The maximum Gasteiger partial charge on any atom is 0.0696 e. The van der Waals surface area contributed by atoms with Crippen LogP contribution in [0.25, 0.3) is 11.1 Å². The summed E-state index contributed by atoms with van der Waals surface area (Å²) in [5, 5.41) is 6.94. The van der Waals surface area contributed by atoms with Crippen molar-refractivity contribution in [2.24, 2.45) is 10.3 Å². The first-order valence-corrected chi connectivity index (χ1v) is 8.36. The first-order chi connectivity index (χ1) is 11.3. The van der Waals surface area contributed by atoms with Gasteiger partial charge in [-0.2, -0.15) is 5.53 Å². The Labute approximate surface area is 141 Å². The highest BCUT2D eigenvalue weighted by atomic mass is 15.3. The molecule has 0 unspecified atom stereocenters. The van der Waals surface area contributed by atoms with Crippen molar-refractivity contribution >= 4 is 5.71 Å². The van der Waals surface area contributed by atoms with Crippen LogP contribution < -0.4 is 0 Å². The van der Waals surface area contributed by atoms with Gasteiger partial charge in [0.2, 0.25) is 0 Å². The lowest BCUT2D eigenvalue weighted by Crippen LogP contribution is -1.97. The largest absolute Gasteiger partial charge is 0.185 e. The molecule has 0 bridgehead atoms. The average Bonchev–Trinajstić information content (AvgIpc) is 2.65. The molecule has 0 spiro atoms. The number of hydrogen-bond donors (Lipinski definition) is 1. The molecule has 1 N–H and O–H groups in total. The molecule has 2 aromatic carbocycles. The second kappa shape index (κ2) is 12.3. The molecule has 0 aliphatic rings. The van der Waals surface area contributed by atoms with Crippen LogP contribution in [0.3, 0.4) is 0 Å². The summed E-state index contributed by atoms with van der Waals surface area (Å²) in [6, 6.07) is 16.6. The summed E-state index contributed by atoms with van der Waals surface area (Å²) in [6.07, 6.45) is 1.04. The van der Waals surface area contributed by atoms with Crippen LogP contribution in [0.2, 0.25) is 0 Å². The van der Waals surface area contributed by atoms with Crippen LogP contribution in [0.15, 0.2) is 58.9 Å². The molecule has 0 fully saturated rings. The van der Waals surface area contributed by atoms with Crippen LogP contribution in [0.1, 0.15) is 52.7 Å². The molecule has 0 aliphatic carbocycles. The van der Waals surface area contributed by atoms with E-state index in [-0.39, 0.29) is 0 Å². The molecule has 2 rings (SSSR count). The van der Waals surface area contributed by atoms with E-state index >= 15 is 0 Å². The van der Waals surface area contributed by atoms with Gasteiger partial charge in [-0.1, -0.05) is 88.4 Å². The van der Waals surface area contributed by atoms with Crippen molar-refractivity contribution in [2.45, 2.75) is 48.0 Å². The van der Waals surface area contributed by atoms with Crippen LogP contribution in [-0.4, -0.2) is 5.71 Å². The summed E-state index contributed by atoms with van der Waals surface area (Å²) in [6.45, 7) is 12.0. The second-order valence-electron chi connectivity index (χ2n) is 4.38. The Morgan fingerprint density at radius 2 is 1.48 bits per heavy atom. The SMILES string of the molecule is CC.CC.CCc1ccc(-c2ccccc2/C(C)=N/N=N)cc1. The number of hydrogen-bond acceptors (Lipinski definition) is 2. The third-order valence-corrected chi connectivity index (χ3v) is 3.19. The maximum absolute atomic E-state index is 6.85. The number of nitrogens with one attached hydrogen (secondary N) is 1. The van der Waals surface area contributed by atoms with Crippen molar-refractivity contribution in [1.29, 1.82) is 5.53 Å². The van der Waals surface area contributed by atoms with Gasteiger partial charge in [-0.05, 0) is 30.0 Å². The van der Waals surface area contributed by atoms with Gasteiger partial charge in [-0.15, -0.1) is 5.10 Å². The van der Waals surface area contributed by atoms with E-state index in [0.717, 1.165) is 28.8 Å². The summed E-state index contributed by atoms with van der Waals surface area (Å²) in [4.78, 5) is 0. The summed E-state index contributed by atoms with van der Waals surface area (Å²) in [5.74, 6) is 0. The van der Waals surface area contributed by atoms with Gasteiger partial charge in [0.15, 0.2) is 0 Å². The number of aryl methyl sites for hydroxylation is 1. The molecule has 23 heavy (non-hydrogen) atoms. The predicted octanol–water partition coefficient (Wildman–Crippen LogP) is 6.72. The number of benzene rings is 2. The van der Waals surface area contributed by atoms with E-state index < -0.39 is 0 Å². The Balaban J connectivity index is 0.00000112. The zero-order valence-corrected chi connectivity index (χ0v) is 15.2. The Morgan fingerprint density at radius 1 is 0.913 bits per heavy atom. The van der Waals surface area contributed by atoms with E-state index in [9.17, 15) is 0 Å². The van der Waals surface area contributed by atoms with E-state index in [1.165, 1.54) is 5.56 Å². The first-order valence-electron chi connectivity index (χ1n) is 8.36. The van der Waals surface area contributed by atoms with Crippen LogP contribution in [0, 0.1) is 5.53 Å². The second-order valence-corrected chi connectivity index (χ2v) is 4.38. The van der Waals surface area contributed by atoms with Crippen LogP contribution >= 0.6 is 0 Å². The van der Waals surface area contributed by atoms with Gasteiger partial charge in [-0.25, -0.2) is 0 Å². The average molecular weight is 311 g/mol. The molecule has 0 aliphatic heterocycles. The van der Waals surface area contributed by atoms with Gasteiger partial charge >= 0.3 is 0 Å². The molecule has 124 valence electrons. The van der Waals surface area contributed by atoms with E-state index in [4.69, 9.17) is 5.53 Å². The van der Waals surface area contributed by atoms with Crippen molar-refractivity contribution in [3.8, 4) is 11.1 Å². The minimum atomic E-state index is 0.755. The molecule has 0 aromatic heterocycles.